The molecule has 1 aromatic rings. The van der Waals surface area contributed by atoms with Gasteiger partial charge in [-0.25, -0.2) is 13.1 Å². The van der Waals surface area contributed by atoms with Crippen molar-refractivity contribution in [3.8, 4) is 0 Å². The lowest BCUT2D eigenvalue weighted by molar-refractivity contribution is -0.118. The third-order valence-electron chi connectivity index (χ3n) is 3.40. The number of sulfone groups is 1. The smallest absolute Gasteiger partial charge is 0.245 e. The van der Waals surface area contributed by atoms with Crippen molar-refractivity contribution in [1.29, 1.82) is 0 Å². The van der Waals surface area contributed by atoms with Gasteiger partial charge in [-0.3, -0.25) is 9.79 Å². The number of hydrogen-bond acceptors (Lipinski definition) is 5. The first kappa shape index (κ1) is 20.1. The molecule has 0 radical (unpaired) electrons. The van der Waals surface area contributed by atoms with Crippen LogP contribution in [0, 0.1) is 0 Å². The number of aliphatic imine (C=N–C) groups is 1. The van der Waals surface area contributed by atoms with Crippen molar-refractivity contribution >= 4 is 45.4 Å². The quantitative estimate of drug-likeness (QED) is 0.543. The third-order valence-corrected chi connectivity index (χ3v) is 5.23. The summed E-state index contributed by atoms with van der Waals surface area (Å²) in [5, 5.41) is 3.12. The number of hydrogen-bond donors (Lipinski definition) is 0. The highest BCUT2D eigenvalue weighted by Crippen LogP contribution is 2.26. The van der Waals surface area contributed by atoms with E-state index in [9.17, 15) is 13.2 Å². The fourth-order valence-corrected chi connectivity index (χ4v) is 3.45. The molecule has 7 nitrogen and oxygen atoms in total. The number of carbonyl (C=O) groups excluding carboxylic acids is 1. The van der Waals surface area contributed by atoms with Crippen LogP contribution in [0.3, 0.4) is 0 Å². The number of anilines is 1. The van der Waals surface area contributed by atoms with Crippen molar-refractivity contribution < 1.29 is 13.2 Å². The first-order valence-electron chi connectivity index (χ1n) is 7.14. The van der Waals surface area contributed by atoms with Gasteiger partial charge in [0, 0.05) is 25.2 Å². The molecule has 0 bridgehead atoms. The Bertz CT molecular complexity index is 781. The summed E-state index contributed by atoms with van der Waals surface area (Å²) in [6.07, 6.45) is 7.74. The lowest BCUT2D eigenvalue weighted by atomic mass is 10.3. The molecule has 1 unspecified atom stereocenters. The fourth-order valence-electron chi connectivity index (χ4n) is 2.06. The van der Waals surface area contributed by atoms with Crippen molar-refractivity contribution in [1.82, 2.24) is 9.78 Å². The molecule has 0 N–H and O–H groups in total. The Labute approximate surface area is 147 Å². The zero-order chi connectivity index (χ0) is 18.5. The maximum Gasteiger partial charge on any atom is 0.245 e. The summed E-state index contributed by atoms with van der Waals surface area (Å²) in [7, 11) is -2.03. The van der Waals surface area contributed by atoms with Crippen LogP contribution >= 0.6 is 11.6 Å². The fraction of sp³-hybridized carbons (Fsp3) is 0.400. The topological polar surface area (TPSA) is 84.6 Å². The molecule has 0 aliphatic carbocycles. The number of rotatable bonds is 7. The molecule has 0 spiro atoms. The minimum Gasteiger partial charge on any atom is -0.310 e. The monoisotopic (exact) mass is 372 g/mol. The number of carbonyl (C=O) groups is 1. The Morgan fingerprint density at radius 3 is 2.71 bits per heavy atom. The van der Waals surface area contributed by atoms with Gasteiger partial charge in [-0.2, -0.15) is 5.10 Å². The molecule has 0 fully saturated rings. The number of aromatic nitrogens is 2. The maximum absolute atomic E-state index is 12.5. The summed E-state index contributed by atoms with van der Waals surface area (Å²) >= 11 is 6.10. The van der Waals surface area contributed by atoms with E-state index in [0.717, 1.165) is 12.0 Å². The van der Waals surface area contributed by atoms with E-state index in [1.807, 2.05) is 0 Å². The van der Waals surface area contributed by atoms with Gasteiger partial charge in [0.05, 0.1) is 6.20 Å². The molecule has 1 amide bonds. The van der Waals surface area contributed by atoms with Gasteiger partial charge >= 0.3 is 0 Å². The Morgan fingerprint density at radius 2 is 2.21 bits per heavy atom. The minimum absolute atomic E-state index is 0.104. The van der Waals surface area contributed by atoms with Crippen molar-refractivity contribution in [2.45, 2.75) is 25.5 Å². The normalized spacial score (nSPS) is 14.0. The zero-order valence-electron chi connectivity index (χ0n) is 14.1. The lowest BCUT2D eigenvalue weighted by Crippen LogP contribution is -2.40. The Hall–Kier alpha value is -1.93. The van der Waals surface area contributed by atoms with Gasteiger partial charge in [0.2, 0.25) is 5.91 Å². The number of amides is 1. The summed E-state index contributed by atoms with van der Waals surface area (Å²) in [5.41, 5.74) is 1.07. The van der Waals surface area contributed by atoms with Gasteiger partial charge in [0.1, 0.15) is 10.9 Å². The SMILES string of the molecule is C=N/C=C\C=C(/C)n1cc(N(C)C(=O)C(CC)S(C)(=O)=O)c(Cl)n1. The van der Waals surface area contributed by atoms with Gasteiger partial charge < -0.3 is 4.90 Å². The lowest BCUT2D eigenvalue weighted by Gasteiger charge is -2.20. The van der Waals surface area contributed by atoms with Crippen LogP contribution in [0.4, 0.5) is 5.69 Å². The Morgan fingerprint density at radius 1 is 1.58 bits per heavy atom. The average Bonchev–Trinajstić information content (AvgIpc) is 2.87. The number of nitrogens with zero attached hydrogens (tertiary/aromatic N) is 4. The molecular formula is C15H21ClN4O3S. The number of halogens is 1. The van der Waals surface area contributed by atoms with Gasteiger partial charge in [0.25, 0.3) is 0 Å². The minimum atomic E-state index is -3.50. The molecule has 1 heterocycles. The van der Waals surface area contributed by atoms with Crippen molar-refractivity contribution in [2.75, 3.05) is 18.2 Å². The molecule has 1 aromatic heterocycles. The van der Waals surface area contributed by atoms with Crippen LogP contribution in [0.2, 0.25) is 5.15 Å². The van der Waals surface area contributed by atoms with E-state index in [4.69, 9.17) is 11.6 Å². The van der Waals surface area contributed by atoms with Crippen LogP contribution in [-0.2, 0) is 14.6 Å². The standard InChI is InChI=1S/C15H21ClN4O3S/c1-6-13(24(5,22)23)15(21)19(4)12-10-20(18-14(12)16)11(2)8-7-9-17-3/h7-10,13H,3,6H2,1-2,4-5H3/b9-7-,11-8+. The van der Waals surface area contributed by atoms with E-state index in [2.05, 4.69) is 16.8 Å². The van der Waals surface area contributed by atoms with Crippen molar-refractivity contribution in [2.24, 2.45) is 4.99 Å². The molecule has 0 saturated heterocycles. The van der Waals surface area contributed by atoms with Crippen LogP contribution in [-0.4, -0.2) is 49.4 Å². The van der Waals surface area contributed by atoms with Crippen LogP contribution in [0.15, 0.2) is 29.5 Å². The highest BCUT2D eigenvalue weighted by Gasteiger charge is 2.31. The molecular weight excluding hydrogens is 352 g/mol. The first-order chi connectivity index (χ1) is 11.1. The summed E-state index contributed by atoms with van der Waals surface area (Å²) in [4.78, 5) is 17.3. The summed E-state index contributed by atoms with van der Waals surface area (Å²) < 4.78 is 25.0. The van der Waals surface area contributed by atoms with E-state index in [-0.39, 0.29) is 11.6 Å². The van der Waals surface area contributed by atoms with Crippen LogP contribution in [0.1, 0.15) is 20.3 Å². The van der Waals surface area contributed by atoms with E-state index in [1.54, 1.807) is 32.2 Å². The van der Waals surface area contributed by atoms with Gasteiger partial charge in [-0.1, -0.05) is 18.5 Å². The van der Waals surface area contributed by atoms with E-state index < -0.39 is 21.0 Å². The molecule has 1 atom stereocenters. The summed E-state index contributed by atoms with van der Waals surface area (Å²) in [5.74, 6) is -0.543. The Kier molecular flexibility index (Phi) is 6.92. The summed E-state index contributed by atoms with van der Waals surface area (Å²) in [6.45, 7) is 6.78. The second-order valence-electron chi connectivity index (χ2n) is 5.21. The van der Waals surface area contributed by atoms with Crippen LogP contribution in [0.25, 0.3) is 5.70 Å². The molecule has 0 aromatic carbocycles. The maximum atomic E-state index is 12.5. The van der Waals surface area contributed by atoms with Crippen LogP contribution in [0.5, 0.6) is 0 Å². The van der Waals surface area contributed by atoms with E-state index in [0.29, 0.717) is 5.69 Å². The molecule has 0 saturated carbocycles. The first-order valence-corrected chi connectivity index (χ1v) is 9.48. The average molecular weight is 373 g/mol. The predicted molar refractivity (Wildman–Crippen MR) is 98.2 cm³/mol. The van der Waals surface area contributed by atoms with Crippen LogP contribution < -0.4 is 4.90 Å². The Balaban J connectivity index is 3.15. The van der Waals surface area contributed by atoms with E-state index in [1.165, 1.54) is 22.8 Å². The number of allylic oxidation sites excluding steroid dienone is 3. The highest BCUT2D eigenvalue weighted by molar-refractivity contribution is 7.92. The van der Waals surface area contributed by atoms with E-state index >= 15 is 0 Å². The molecule has 1 rings (SSSR count). The largest absolute Gasteiger partial charge is 0.310 e. The highest BCUT2D eigenvalue weighted by atomic mass is 35.5. The third kappa shape index (κ3) is 4.78. The molecule has 24 heavy (non-hydrogen) atoms. The second-order valence-corrected chi connectivity index (χ2v) is 7.79. The van der Waals surface area contributed by atoms with Crippen molar-refractivity contribution in [3.63, 3.8) is 0 Å². The van der Waals surface area contributed by atoms with Gasteiger partial charge in [0.15, 0.2) is 15.0 Å². The molecule has 0 aliphatic heterocycles. The van der Waals surface area contributed by atoms with Crippen molar-refractivity contribution in [3.05, 3.63) is 29.7 Å². The van der Waals surface area contributed by atoms with Gasteiger partial charge in [-0.15, -0.1) is 0 Å². The summed E-state index contributed by atoms with van der Waals surface area (Å²) in [6, 6.07) is 0. The molecule has 132 valence electrons. The van der Waals surface area contributed by atoms with Gasteiger partial charge in [-0.05, 0) is 32.2 Å². The zero-order valence-corrected chi connectivity index (χ0v) is 15.7. The second kappa shape index (κ2) is 8.25. The predicted octanol–water partition coefficient (Wildman–Crippen LogP) is 2.40. The molecule has 0 aliphatic rings. The molecule has 9 heteroatoms.